The molecule has 1 amide bonds. The van der Waals surface area contributed by atoms with Gasteiger partial charge in [0.25, 0.3) is 0 Å². The van der Waals surface area contributed by atoms with Crippen LogP contribution in [0.2, 0.25) is 0 Å². The summed E-state index contributed by atoms with van der Waals surface area (Å²) in [5.74, 6) is -0.916. The Bertz CT molecular complexity index is 290. The highest BCUT2D eigenvalue weighted by molar-refractivity contribution is 5.86. The number of ether oxygens (including phenoxy) is 1. The summed E-state index contributed by atoms with van der Waals surface area (Å²) in [6, 6.07) is 1.86. The number of carbonyl (C=O) groups excluding carboxylic acids is 2. The quantitative estimate of drug-likeness (QED) is 0.419. The van der Waals surface area contributed by atoms with Crippen molar-refractivity contribution >= 4 is 11.9 Å². The van der Waals surface area contributed by atoms with Gasteiger partial charge in [0, 0.05) is 5.57 Å². The molecule has 0 aromatic heterocycles. The van der Waals surface area contributed by atoms with Gasteiger partial charge < -0.3 is 10.5 Å². The fourth-order valence-electron chi connectivity index (χ4n) is 0.313. The lowest BCUT2D eigenvalue weighted by atomic mass is 10.4. The molecule has 0 aliphatic rings. The van der Waals surface area contributed by atoms with Crippen molar-refractivity contribution < 1.29 is 14.3 Å². The monoisotopic (exact) mass is 210 g/mol. The lowest BCUT2D eigenvalue weighted by Gasteiger charge is -1.98. The molecule has 0 saturated heterocycles. The van der Waals surface area contributed by atoms with E-state index in [4.69, 9.17) is 5.26 Å². The molecule has 0 heterocycles. The van der Waals surface area contributed by atoms with Gasteiger partial charge in [-0.25, -0.2) is 4.79 Å². The SMILES string of the molecule is C=C(C)C(=O)OCCC#N.C=CC(N)=O. The minimum absolute atomic E-state index is 0.155. The molecule has 0 unspecified atom stereocenters. The van der Waals surface area contributed by atoms with Crippen LogP contribution in [-0.4, -0.2) is 18.5 Å². The molecule has 5 nitrogen and oxygen atoms in total. The maximum atomic E-state index is 10.6. The molecule has 0 atom stereocenters. The third-order valence-corrected chi connectivity index (χ3v) is 0.997. The number of hydrogen-bond acceptors (Lipinski definition) is 4. The highest BCUT2D eigenvalue weighted by Gasteiger charge is 2.00. The first-order valence-corrected chi connectivity index (χ1v) is 4.07. The second-order valence-electron chi connectivity index (χ2n) is 2.43. The van der Waals surface area contributed by atoms with Crippen LogP contribution in [0.25, 0.3) is 0 Å². The zero-order valence-corrected chi connectivity index (χ0v) is 8.66. The van der Waals surface area contributed by atoms with E-state index in [-0.39, 0.29) is 13.0 Å². The lowest BCUT2D eigenvalue weighted by Crippen LogP contribution is -2.05. The van der Waals surface area contributed by atoms with Crippen LogP contribution in [0.3, 0.4) is 0 Å². The number of nitrogens with two attached hydrogens (primary N) is 1. The Labute approximate surface area is 88.8 Å². The van der Waals surface area contributed by atoms with Crippen molar-refractivity contribution in [2.75, 3.05) is 6.61 Å². The average molecular weight is 210 g/mol. The molecule has 5 heteroatoms. The van der Waals surface area contributed by atoms with E-state index in [2.05, 4.69) is 23.6 Å². The molecule has 0 saturated carbocycles. The maximum absolute atomic E-state index is 10.6. The fraction of sp³-hybridized carbons (Fsp3) is 0.300. The first kappa shape index (κ1) is 15.4. The highest BCUT2D eigenvalue weighted by atomic mass is 16.5. The normalized spacial score (nSPS) is 7.47. The maximum Gasteiger partial charge on any atom is 0.333 e. The highest BCUT2D eigenvalue weighted by Crippen LogP contribution is 1.91. The zero-order valence-electron chi connectivity index (χ0n) is 8.66. The number of amides is 1. The van der Waals surface area contributed by atoms with Gasteiger partial charge in [0.15, 0.2) is 0 Å². The van der Waals surface area contributed by atoms with E-state index in [0.717, 1.165) is 6.08 Å². The van der Waals surface area contributed by atoms with Gasteiger partial charge in [-0.15, -0.1) is 0 Å². The third-order valence-electron chi connectivity index (χ3n) is 0.997. The number of nitriles is 1. The fourth-order valence-corrected chi connectivity index (χ4v) is 0.313. The average Bonchev–Trinajstić information content (AvgIpc) is 2.18. The van der Waals surface area contributed by atoms with Crippen LogP contribution >= 0.6 is 0 Å². The first-order valence-electron chi connectivity index (χ1n) is 4.07. The van der Waals surface area contributed by atoms with E-state index in [1.807, 2.05) is 6.07 Å². The van der Waals surface area contributed by atoms with Crippen LogP contribution in [0.15, 0.2) is 24.8 Å². The molecule has 15 heavy (non-hydrogen) atoms. The van der Waals surface area contributed by atoms with Crippen molar-refractivity contribution in [3.63, 3.8) is 0 Å². The molecule has 0 aromatic rings. The topological polar surface area (TPSA) is 93.2 Å². The molecule has 82 valence electrons. The first-order chi connectivity index (χ1) is 6.95. The van der Waals surface area contributed by atoms with Gasteiger partial charge in [-0.05, 0) is 13.0 Å². The Kier molecular flexibility index (Phi) is 10.3. The molecule has 0 fully saturated rings. The number of rotatable bonds is 4. The van der Waals surface area contributed by atoms with Gasteiger partial charge in [-0.1, -0.05) is 13.2 Å². The lowest BCUT2D eigenvalue weighted by molar-refractivity contribution is -0.138. The van der Waals surface area contributed by atoms with Crippen LogP contribution < -0.4 is 5.73 Å². The van der Waals surface area contributed by atoms with E-state index in [1.165, 1.54) is 0 Å². The molecule has 2 N–H and O–H groups in total. The Morgan fingerprint density at radius 1 is 1.60 bits per heavy atom. The van der Waals surface area contributed by atoms with Crippen molar-refractivity contribution in [1.82, 2.24) is 0 Å². The standard InChI is InChI=1S/C7H9NO2.C3H5NO/c1-6(2)7(9)10-5-3-4-8;1-2-3(4)5/h1,3,5H2,2H3;2H,1H2,(H2,4,5). The van der Waals surface area contributed by atoms with Gasteiger partial charge >= 0.3 is 5.97 Å². The van der Waals surface area contributed by atoms with Crippen LogP contribution in [-0.2, 0) is 14.3 Å². The van der Waals surface area contributed by atoms with Crippen molar-refractivity contribution in [2.24, 2.45) is 5.73 Å². The van der Waals surface area contributed by atoms with E-state index in [1.54, 1.807) is 6.92 Å². The Morgan fingerprint density at radius 2 is 2.07 bits per heavy atom. The number of esters is 1. The summed E-state index contributed by atoms with van der Waals surface area (Å²) in [5, 5.41) is 8.05. The van der Waals surface area contributed by atoms with E-state index >= 15 is 0 Å². The molecule has 0 bridgehead atoms. The van der Waals surface area contributed by atoms with Crippen molar-refractivity contribution in [3.8, 4) is 6.07 Å². The van der Waals surface area contributed by atoms with Gasteiger partial charge in [0.2, 0.25) is 5.91 Å². The number of carbonyl (C=O) groups is 2. The number of hydrogen-bond donors (Lipinski definition) is 1. The smallest absolute Gasteiger partial charge is 0.333 e. The molecular weight excluding hydrogens is 196 g/mol. The van der Waals surface area contributed by atoms with E-state index in [0.29, 0.717) is 5.57 Å². The van der Waals surface area contributed by atoms with E-state index < -0.39 is 11.9 Å². The zero-order chi connectivity index (χ0) is 12.3. The summed E-state index contributed by atoms with van der Waals surface area (Å²) < 4.78 is 4.58. The molecule has 0 aliphatic carbocycles. The van der Waals surface area contributed by atoms with Crippen LogP contribution in [0.1, 0.15) is 13.3 Å². The van der Waals surface area contributed by atoms with Gasteiger partial charge in [0.1, 0.15) is 6.61 Å². The van der Waals surface area contributed by atoms with Crippen LogP contribution in [0.5, 0.6) is 0 Å². The summed E-state index contributed by atoms with van der Waals surface area (Å²) >= 11 is 0. The Balaban J connectivity index is 0. The minimum atomic E-state index is -0.481. The van der Waals surface area contributed by atoms with Crippen molar-refractivity contribution in [3.05, 3.63) is 24.8 Å². The van der Waals surface area contributed by atoms with E-state index in [9.17, 15) is 9.59 Å². The molecule has 0 radical (unpaired) electrons. The van der Waals surface area contributed by atoms with Gasteiger partial charge in [-0.3, -0.25) is 4.79 Å². The van der Waals surface area contributed by atoms with Crippen molar-refractivity contribution in [2.45, 2.75) is 13.3 Å². The van der Waals surface area contributed by atoms with Gasteiger partial charge in [0.05, 0.1) is 12.5 Å². The summed E-state index contributed by atoms with van der Waals surface area (Å²) in [6.45, 7) is 8.18. The van der Waals surface area contributed by atoms with Crippen LogP contribution in [0, 0.1) is 11.3 Å². The number of primary amides is 1. The predicted molar refractivity (Wildman–Crippen MR) is 55.4 cm³/mol. The molecular formula is C10H14N2O3. The van der Waals surface area contributed by atoms with Crippen LogP contribution in [0.4, 0.5) is 0 Å². The molecule has 0 aliphatic heterocycles. The summed E-state index contributed by atoms with van der Waals surface area (Å²) in [7, 11) is 0. The second-order valence-corrected chi connectivity index (χ2v) is 2.43. The largest absolute Gasteiger partial charge is 0.461 e. The summed E-state index contributed by atoms with van der Waals surface area (Å²) in [6.07, 6.45) is 1.29. The minimum Gasteiger partial charge on any atom is -0.461 e. The van der Waals surface area contributed by atoms with Gasteiger partial charge in [-0.2, -0.15) is 5.26 Å². The molecule has 0 rings (SSSR count). The Morgan fingerprint density at radius 3 is 2.33 bits per heavy atom. The second kappa shape index (κ2) is 9.99. The Hall–Kier alpha value is -2.09. The third kappa shape index (κ3) is 14.7. The predicted octanol–water partition coefficient (Wildman–Crippen LogP) is 0.677. The summed E-state index contributed by atoms with van der Waals surface area (Å²) in [5.41, 5.74) is 4.89. The summed E-state index contributed by atoms with van der Waals surface area (Å²) in [4.78, 5) is 20.1. The number of nitrogens with zero attached hydrogens (tertiary/aromatic N) is 1. The molecule has 0 aromatic carbocycles. The molecule has 0 spiro atoms. The van der Waals surface area contributed by atoms with Crippen molar-refractivity contribution in [1.29, 1.82) is 5.26 Å².